The molecule has 0 spiro atoms. The minimum Gasteiger partial charge on any atom is -0.396 e. The molecule has 0 fully saturated rings. The number of rotatable bonds is 7. The highest BCUT2D eigenvalue weighted by Gasteiger charge is 2.63. The first-order valence-electron chi connectivity index (χ1n) is 7.24. The van der Waals surface area contributed by atoms with Gasteiger partial charge in [-0.05, 0) is 36.2 Å². The normalized spacial score (nSPS) is 15.3. The summed E-state index contributed by atoms with van der Waals surface area (Å²) in [4.78, 5) is 9.58. The van der Waals surface area contributed by atoms with Crippen LogP contribution >= 0.6 is 11.6 Å². The van der Waals surface area contributed by atoms with Gasteiger partial charge in [-0.25, -0.2) is 8.42 Å². The van der Waals surface area contributed by atoms with Gasteiger partial charge in [0.2, 0.25) is 0 Å². The Morgan fingerprint density at radius 1 is 1.16 bits per heavy atom. The number of aliphatic hydroxyl groups excluding tert-OH is 1. The minimum absolute atomic E-state index is 0.0529. The number of nitrogens with zero attached hydrogens (tertiary/aromatic N) is 1. The van der Waals surface area contributed by atoms with Crippen molar-refractivity contribution in [3.8, 4) is 0 Å². The molecule has 0 aromatic heterocycles. The Labute approximate surface area is 148 Å². The maximum absolute atomic E-state index is 15.6. The zero-order valence-corrected chi connectivity index (χ0v) is 14.5. The summed E-state index contributed by atoms with van der Waals surface area (Å²) >= 11 is 5.76. The molecule has 2 rings (SSSR count). The molecule has 9 heteroatoms. The Balaban J connectivity index is 2.67. The quantitative estimate of drug-likeness (QED) is 0.447. The van der Waals surface area contributed by atoms with Crippen LogP contribution in [-0.4, -0.2) is 30.2 Å². The molecule has 1 N–H and O–H groups in total. The third kappa shape index (κ3) is 3.51. The summed E-state index contributed by atoms with van der Waals surface area (Å²) in [5.41, 5.74) is 0.0529. The largest absolute Gasteiger partial charge is 0.469 e. The summed E-state index contributed by atoms with van der Waals surface area (Å²) in [6.07, 6.45) is -0.453. The summed E-state index contributed by atoms with van der Waals surface area (Å²) in [7, 11) is -4.99. The standard InChI is InChI=1S/C16H15ClFNO5S/c17-13-8-6-12(7-9-13)15(10-11-20)16(18,19(21)22)25(23,24)14-4-2-1-3-5-14/h1-9,15,20H,10-11H2/t15-,16-/m0/s1. The average Bonchev–Trinajstić information content (AvgIpc) is 2.60. The Morgan fingerprint density at radius 2 is 1.72 bits per heavy atom. The fraction of sp³-hybridized carbons (Fsp3) is 0.250. The molecular formula is C16H15ClFNO5S. The topological polar surface area (TPSA) is 97.5 Å². The number of alkyl halides is 1. The molecule has 0 aliphatic rings. The van der Waals surface area contributed by atoms with Gasteiger partial charge in [-0.15, -0.1) is 4.39 Å². The van der Waals surface area contributed by atoms with Crippen molar-refractivity contribution in [1.29, 1.82) is 0 Å². The van der Waals surface area contributed by atoms with Crippen LogP contribution in [-0.2, 0) is 9.84 Å². The van der Waals surface area contributed by atoms with Crippen molar-refractivity contribution in [2.45, 2.75) is 22.4 Å². The Morgan fingerprint density at radius 3 is 2.20 bits per heavy atom. The highest BCUT2D eigenvalue weighted by molar-refractivity contribution is 7.92. The maximum Gasteiger partial charge on any atom is 0.469 e. The van der Waals surface area contributed by atoms with Gasteiger partial charge in [0.1, 0.15) is 5.92 Å². The van der Waals surface area contributed by atoms with E-state index in [1.165, 1.54) is 42.5 Å². The third-order valence-electron chi connectivity index (χ3n) is 3.80. The molecule has 0 unspecified atom stereocenters. The molecule has 25 heavy (non-hydrogen) atoms. The number of sulfone groups is 1. The van der Waals surface area contributed by atoms with E-state index in [9.17, 15) is 23.6 Å². The summed E-state index contributed by atoms with van der Waals surface area (Å²) in [5, 5.41) is 17.2. The van der Waals surface area contributed by atoms with Crippen molar-refractivity contribution in [1.82, 2.24) is 0 Å². The van der Waals surface area contributed by atoms with E-state index >= 15 is 4.39 Å². The van der Waals surface area contributed by atoms with Crippen molar-refractivity contribution in [2.24, 2.45) is 0 Å². The number of aliphatic hydroxyl groups is 1. The Bertz CT molecular complexity index is 845. The van der Waals surface area contributed by atoms with Gasteiger partial charge in [-0.3, -0.25) is 10.1 Å². The van der Waals surface area contributed by atoms with Gasteiger partial charge in [-0.2, -0.15) is 0 Å². The predicted octanol–water partition coefficient (Wildman–Crippen LogP) is 3.18. The SMILES string of the molecule is O=[N+]([O-])[C@@](F)([C@@H](CCO)c1ccc(Cl)cc1)S(=O)(=O)c1ccccc1. The van der Waals surface area contributed by atoms with Crippen LogP contribution in [0, 0.1) is 10.1 Å². The predicted molar refractivity (Wildman–Crippen MR) is 90.4 cm³/mol. The van der Waals surface area contributed by atoms with Crippen LogP contribution in [0.5, 0.6) is 0 Å². The first kappa shape index (κ1) is 19.3. The second kappa shape index (κ2) is 7.47. The van der Waals surface area contributed by atoms with E-state index in [2.05, 4.69) is 0 Å². The molecule has 0 aliphatic heterocycles. The first-order valence-corrected chi connectivity index (χ1v) is 9.10. The fourth-order valence-electron chi connectivity index (χ4n) is 2.55. The van der Waals surface area contributed by atoms with Crippen LogP contribution in [0.3, 0.4) is 0 Å². The van der Waals surface area contributed by atoms with Crippen LogP contribution < -0.4 is 0 Å². The second-order valence-corrected chi connectivity index (χ2v) is 7.79. The van der Waals surface area contributed by atoms with Gasteiger partial charge in [0.15, 0.2) is 0 Å². The number of benzene rings is 2. The fourth-order valence-corrected chi connectivity index (χ4v) is 4.35. The molecule has 6 nitrogen and oxygen atoms in total. The van der Waals surface area contributed by atoms with Gasteiger partial charge >= 0.3 is 5.12 Å². The number of hydrogen-bond acceptors (Lipinski definition) is 5. The lowest BCUT2D eigenvalue weighted by Crippen LogP contribution is -2.47. The lowest BCUT2D eigenvalue weighted by molar-refractivity contribution is -0.579. The Kier molecular flexibility index (Phi) is 5.76. The van der Waals surface area contributed by atoms with Gasteiger partial charge < -0.3 is 5.11 Å². The van der Waals surface area contributed by atoms with Crippen LogP contribution in [0.4, 0.5) is 4.39 Å². The summed E-state index contributed by atoms with van der Waals surface area (Å²) in [5.74, 6) is -1.71. The van der Waals surface area contributed by atoms with Crippen LogP contribution in [0.2, 0.25) is 5.02 Å². The zero-order valence-electron chi connectivity index (χ0n) is 12.9. The monoisotopic (exact) mass is 387 g/mol. The third-order valence-corrected chi connectivity index (χ3v) is 6.13. The molecular weight excluding hydrogens is 373 g/mol. The van der Waals surface area contributed by atoms with E-state index in [1.54, 1.807) is 0 Å². The molecule has 2 aromatic rings. The van der Waals surface area contributed by atoms with E-state index < -0.39 is 43.7 Å². The van der Waals surface area contributed by atoms with Gasteiger partial charge in [0.25, 0.3) is 9.84 Å². The van der Waals surface area contributed by atoms with Crippen molar-refractivity contribution in [3.05, 3.63) is 75.3 Å². The van der Waals surface area contributed by atoms with Gasteiger partial charge in [-0.1, -0.05) is 41.9 Å². The summed E-state index contributed by atoms with van der Waals surface area (Å²) in [6.45, 7) is -0.628. The summed E-state index contributed by atoms with van der Waals surface area (Å²) < 4.78 is 41.0. The lowest BCUT2D eigenvalue weighted by atomic mass is 9.94. The van der Waals surface area contributed by atoms with Crippen molar-refractivity contribution >= 4 is 21.4 Å². The van der Waals surface area contributed by atoms with Crippen LogP contribution in [0.1, 0.15) is 17.9 Å². The molecule has 0 heterocycles. The zero-order chi connectivity index (χ0) is 18.7. The van der Waals surface area contributed by atoms with Crippen LogP contribution in [0.25, 0.3) is 0 Å². The summed E-state index contributed by atoms with van der Waals surface area (Å²) in [6, 6.07) is 11.7. The Hall–Kier alpha value is -2.03. The number of nitro groups is 1. The molecule has 0 aliphatic carbocycles. The minimum atomic E-state index is -4.99. The molecule has 0 saturated heterocycles. The molecule has 2 aromatic carbocycles. The number of hydrogen-bond donors (Lipinski definition) is 1. The van der Waals surface area contributed by atoms with Gasteiger partial charge in [0, 0.05) is 11.6 Å². The molecule has 0 amide bonds. The highest BCUT2D eigenvalue weighted by Crippen LogP contribution is 2.42. The maximum atomic E-state index is 15.6. The molecule has 2 atom stereocenters. The number of halogens is 2. The van der Waals surface area contributed by atoms with E-state index in [-0.39, 0.29) is 5.56 Å². The van der Waals surface area contributed by atoms with Crippen molar-refractivity contribution < 1.29 is 22.8 Å². The van der Waals surface area contributed by atoms with E-state index in [1.807, 2.05) is 0 Å². The van der Waals surface area contributed by atoms with Crippen molar-refractivity contribution in [2.75, 3.05) is 6.61 Å². The molecule has 0 saturated carbocycles. The van der Waals surface area contributed by atoms with E-state index in [0.717, 1.165) is 12.1 Å². The first-order chi connectivity index (χ1) is 11.7. The highest BCUT2D eigenvalue weighted by atomic mass is 35.5. The average molecular weight is 388 g/mol. The molecule has 0 bridgehead atoms. The van der Waals surface area contributed by atoms with Crippen molar-refractivity contribution in [3.63, 3.8) is 0 Å². The lowest BCUT2D eigenvalue weighted by Gasteiger charge is -2.26. The second-order valence-electron chi connectivity index (χ2n) is 5.30. The van der Waals surface area contributed by atoms with E-state index in [0.29, 0.717) is 5.02 Å². The smallest absolute Gasteiger partial charge is 0.396 e. The van der Waals surface area contributed by atoms with Gasteiger partial charge in [0.05, 0.1) is 9.82 Å². The molecule has 134 valence electrons. The molecule has 0 radical (unpaired) electrons. The van der Waals surface area contributed by atoms with Crippen LogP contribution in [0.15, 0.2) is 59.5 Å². The van der Waals surface area contributed by atoms with E-state index in [4.69, 9.17) is 11.6 Å².